The Kier molecular flexibility index (Phi) is 3.23. The summed E-state index contributed by atoms with van der Waals surface area (Å²) in [4.78, 5) is 10.6. The molecule has 0 bridgehead atoms. The van der Waals surface area contributed by atoms with Crippen molar-refractivity contribution in [1.82, 2.24) is 9.78 Å². The van der Waals surface area contributed by atoms with E-state index in [9.17, 15) is 10.1 Å². The first kappa shape index (κ1) is 12.8. The zero-order valence-corrected chi connectivity index (χ0v) is 11.9. The lowest BCUT2D eigenvalue weighted by Crippen LogP contribution is -1.99. The minimum Gasteiger partial charge on any atom is -0.258 e. The molecule has 0 saturated heterocycles. The van der Waals surface area contributed by atoms with Crippen LogP contribution >= 0.6 is 15.9 Å². The molecule has 100 valence electrons. The number of alkyl halides is 1. The van der Waals surface area contributed by atoms with Gasteiger partial charge in [-0.1, -0.05) is 34.1 Å². The standard InChI is InChI=1S/C14H10BrN3O2/c15-8-11-7-12(5-6-14(11)18(19)20)17-13-4-2-1-3-10(13)9-16-17/h1-7,9H,8H2. The molecule has 0 amide bonds. The molecule has 1 aromatic heterocycles. The van der Waals surface area contributed by atoms with E-state index in [0.29, 0.717) is 10.9 Å². The molecule has 6 heteroatoms. The van der Waals surface area contributed by atoms with E-state index in [1.54, 1.807) is 23.0 Å². The summed E-state index contributed by atoms with van der Waals surface area (Å²) in [5.74, 6) is 0. The second-order valence-electron chi connectivity index (χ2n) is 4.32. The summed E-state index contributed by atoms with van der Waals surface area (Å²) < 4.78 is 1.78. The summed E-state index contributed by atoms with van der Waals surface area (Å²) in [6, 6.07) is 12.9. The van der Waals surface area contributed by atoms with Gasteiger partial charge in [-0.05, 0) is 18.2 Å². The highest BCUT2D eigenvalue weighted by Gasteiger charge is 2.14. The highest BCUT2D eigenvalue weighted by atomic mass is 79.9. The van der Waals surface area contributed by atoms with Crippen LogP contribution in [0.3, 0.4) is 0 Å². The Morgan fingerprint density at radius 3 is 2.80 bits per heavy atom. The molecule has 0 aliphatic heterocycles. The minimum absolute atomic E-state index is 0.113. The predicted molar refractivity (Wildman–Crippen MR) is 80.4 cm³/mol. The first-order chi connectivity index (χ1) is 9.70. The number of fused-ring (bicyclic) bond motifs is 1. The van der Waals surface area contributed by atoms with Gasteiger partial charge in [0.2, 0.25) is 0 Å². The SMILES string of the molecule is O=[N+]([O-])c1ccc(-n2ncc3ccccc32)cc1CBr. The summed E-state index contributed by atoms with van der Waals surface area (Å²) in [5, 5.41) is 16.8. The number of nitrogens with zero attached hydrogens (tertiary/aromatic N) is 3. The van der Waals surface area contributed by atoms with Crippen LogP contribution in [0.2, 0.25) is 0 Å². The number of hydrogen-bond donors (Lipinski definition) is 0. The maximum atomic E-state index is 11.0. The van der Waals surface area contributed by atoms with Crippen LogP contribution in [0.5, 0.6) is 0 Å². The molecule has 0 aliphatic carbocycles. The third-order valence-electron chi connectivity index (χ3n) is 3.13. The molecule has 1 heterocycles. The molecule has 20 heavy (non-hydrogen) atoms. The van der Waals surface area contributed by atoms with Crippen LogP contribution in [0.4, 0.5) is 5.69 Å². The lowest BCUT2D eigenvalue weighted by molar-refractivity contribution is -0.385. The lowest BCUT2D eigenvalue weighted by atomic mass is 10.2. The molecule has 3 aromatic rings. The van der Waals surface area contributed by atoms with E-state index in [1.807, 2.05) is 24.3 Å². The Hall–Kier alpha value is -2.21. The van der Waals surface area contributed by atoms with E-state index >= 15 is 0 Å². The van der Waals surface area contributed by atoms with Gasteiger partial charge < -0.3 is 0 Å². The van der Waals surface area contributed by atoms with Crippen LogP contribution < -0.4 is 0 Å². The molecule has 0 N–H and O–H groups in total. The fourth-order valence-corrected chi connectivity index (χ4v) is 2.62. The van der Waals surface area contributed by atoms with E-state index in [1.165, 1.54) is 6.07 Å². The molecule has 5 nitrogen and oxygen atoms in total. The minimum atomic E-state index is -0.373. The number of nitro benzene ring substituents is 1. The molecular formula is C14H10BrN3O2. The highest BCUT2D eigenvalue weighted by molar-refractivity contribution is 9.08. The van der Waals surface area contributed by atoms with Gasteiger partial charge >= 0.3 is 0 Å². The molecule has 0 saturated carbocycles. The van der Waals surface area contributed by atoms with Crippen LogP contribution in [0.15, 0.2) is 48.7 Å². The Morgan fingerprint density at radius 1 is 1.25 bits per heavy atom. The maximum absolute atomic E-state index is 11.0. The molecule has 0 atom stereocenters. The van der Waals surface area contributed by atoms with E-state index in [4.69, 9.17) is 0 Å². The zero-order valence-electron chi connectivity index (χ0n) is 10.4. The number of para-hydroxylation sites is 1. The number of aromatic nitrogens is 2. The van der Waals surface area contributed by atoms with E-state index in [2.05, 4.69) is 21.0 Å². The van der Waals surface area contributed by atoms with Gasteiger partial charge in [0.05, 0.1) is 22.3 Å². The fraction of sp³-hybridized carbons (Fsp3) is 0.0714. The third kappa shape index (κ3) is 2.08. The van der Waals surface area contributed by atoms with Gasteiger partial charge in [-0.3, -0.25) is 10.1 Å². The summed E-state index contributed by atoms with van der Waals surface area (Å²) in [7, 11) is 0. The van der Waals surface area contributed by atoms with E-state index in [-0.39, 0.29) is 10.6 Å². The largest absolute Gasteiger partial charge is 0.273 e. The number of halogens is 1. The van der Waals surface area contributed by atoms with Crippen LogP contribution in [0.25, 0.3) is 16.6 Å². The average molecular weight is 332 g/mol. The van der Waals surface area contributed by atoms with E-state index < -0.39 is 0 Å². The van der Waals surface area contributed by atoms with Crippen LogP contribution in [0, 0.1) is 10.1 Å². The van der Waals surface area contributed by atoms with E-state index in [0.717, 1.165) is 16.6 Å². The fourth-order valence-electron chi connectivity index (χ4n) is 2.17. The molecule has 0 spiro atoms. The Labute approximate surface area is 123 Å². The zero-order chi connectivity index (χ0) is 14.1. The van der Waals surface area contributed by atoms with Crippen molar-refractivity contribution < 1.29 is 4.92 Å². The maximum Gasteiger partial charge on any atom is 0.273 e. The summed E-state index contributed by atoms with van der Waals surface area (Å²) in [6.45, 7) is 0. The van der Waals surface area contributed by atoms with Crippen molar-refractivity contribution >= 4 is 32.5 Å². The number of nitro groups is 1. The van der Waals surface area contributed by atoms with Crippen molar-refractivity contribution in [1.29, 1.82) is 0 Å². The summed E-state index contributed by atoms with van der Waals surface area (Å²) in [5.41, 5.74) is 2.53. The van der Waals surface area contributed by atoms with Gasteiger partial charge in [0, 0.05) is 22.3 Å². The molecule has 2 aromatic carbocycles. The summed E-state index contributed by atoms with van der Waals surface area (Å²) in [6.07, 6.45) is 1.78. The summed E-state index contributed by atoms with van der Waals surface area (Å²) >= 11 is 3.29. The molecule has 0 fully saturated rings. The molecule has 0 radical (unpaired) electrons. The quantitative estimate of drug-likeness (QED) is 0.416. The van der Waals surface area contributed by atoms with Gasteiger partial charge in [0.25, 0.3) is 5.69 Å². The predicted octanol–water partition coefficient (Wildman–Crippen LogP) is 3.83. The molecule has 0 unspecified atom stereocenters. The van der Waals surface area contributed by atoms with Gasteiger partial charge in [0.1, 0.15) is 0 Å². The van der Waals surface area contributed by atoms with Crippen LogP contribution in [-0.2, 0) is 5.33 Å². The Balaban J connectivity index is 2.17. The van der Waals surface area contributed by atoms with Crippen molar-refractivity contribution in [3.63, 3.8) is 0 Å². The van der Waals surface area contributed by atoms with Crippen molar-refractivity contribution in [2.24, 2.45) is 0 Å². The normalized spacial score (nSPS) is 10.8. The van der Waals surface area contributed by atoms with Crippen molar-refractivity contribution in [3.8, 4) is 5.69 Å². The first-order valence-corrected chi connectivity index (χ1v) is 7.09. The first-order valence-electron chi connectivity index (χ1n) is 5.97. The third-order valence-corrected chi connectivity index (χ3v) is 3.73. The van der Waals surface area contributed by atoms with Gasteiger partial charge in [-0.2, -0.15) is 5.10 Å². The number of rotatable bonds is 3. The van der Waals surface area contributed by atoms with Gasteiger partial charge in [-0.25, -0.2) is 4.68 Å². The topological polar surface area (TPSA) is 61.0 Å². The van der Waals surface area contributed by atoms with Crippen LogP contribution in [-0.4, -0.2) is 14.7 Å². The van der Waals surface area contributed by atoms with Crippen molar-refractivity contribution in [2.45, 2.75) is 5.33 Å². The average Bonchev–Trinajstić information content (AvgIpc) is 2.90. The lowest BCUT2D eigenvalue weighted by Gasteiger charge is -2.06. The van der Waals surface area contributed by atoms with Crippen molar-refractivity contribution in [3.05, 3.63) is 64.3 Å². The Bertz CT molecular complexity index is 798. The monoisotopic (exact) mass is 331 g/mol. The number of hydrogen-bond acceptors (Lipinski definition) is 3. The molecule has 3 rings (SSSR count). The smallest absolute Gasteiger partial charge is 0.258 e. The van der Waals surface area contributed by atoms with Crippen molar-refractivity contribution in [2.75, 3.05) is 0 Å². The second-order valence-corrected chi connectivity index (χ2v) is 4.88. The second kappa shape index (κ2) is 5.05. The Morgan fingerprint density at radius 2 is 2.05 bits per heavy atom. The van der Waals surface area contributed by atoms with Crippen LogP contribution in [0.1, 0.15) is 5.56 Å². The van der Waals surface area contributed by atoms with Gasteiger partial charge in [-0.15, -0.1) is 0 Å². The number of benzene rings is 2. The van der Waals surface area contributed by atoms with Gasteiger partial charge in [0.15, 0.2) is 0 Å². The highest BCUT2D eigenvalue weighted by Crippen LogP contribution is 2.25. The molecule has 0 aliphatic rings. The molecular weight excluding hydrogens is 322 g/mol.